The van der Waals surface area contributed by atoms with Crippen LogP contribution in [0.4, 0.5) is 10.5 Å². The minimum absolute atomic E-state index is 0.211. The fraction of sp³-hybridized carbons (Fsp3) is 0.300. The number of hydrogen-bond acceptors (Lipinski definition) is 4. The van der Waals surface area contributed by atoms with E-state index in [9.17, 15) is 9.59 Å². The van der Waals surface area contributed by atoms with Crippen molar-refractivity contribution in [2.45, 2.75) is 6.54 Å². The molecule has 2 amide bonds. The molecule has 0 unspecified atom stereocenters. The Kier molecular flexibility index (Phi) is 6.32. The Bertz CT molecular complexity index is 802. The highest BCUT2D eigenvalue weighted by molar-refractivity contribution is 6.30. The Morgan fingerprint density at radius 1 is 1.04 bits per heavy atom. The van der Waals surface area contributed by atoms with Gasteiger partial charge in [-0.15, -0.1) is 0 Å². The second-order valence-corrected chi connectivity index (χ2v) is 6.79. The van der Waals surface area contributed by atoms with Gasteiger partial charge >= 0.3 is 12.0 Å². The smallest absolute Gasteiger partial charge is 0.339 e. The highest BCUT2D eigenvalue weighted by atomic mass is 35.5. The van der Waals surface area contributed by atoms with Crippen LogP contribution in [0.5, 0.6) is 0 Å². The fourth-order valence-electron chi connectivity index (χ4n) is 3.03. The van der Waals surface area contributed by atoms with E-state index < -0.39 is 5.97 Å². The Labute approximate surface area is 163 Å². The third-order valence-corrected chi connectivity index (χ3v) is 4.80. The molecule has 2 aromatic carbocycles. The van der Waals surface area contributed by atoms with Crippen LogP contribution in [-0.4, -0.2) is 55.1 Å². The summed E-state index contributed by atoms with van der Waals surface area (Å²) in [5.41, 5.74) is 2.00. The van der Waals surface area contributed by atoms with Crippen molar-refractivity contribution in [2.75, 3.05) is 38.6 Å². The molecule has 0 bridgehead atoms. The van der Waals surface area contributed by atoms with E-state index in [2.05, 4.69) is 10.2 Å². The summed E-state index contributed by atoms with van der Waals surface area (Å²) in [6.45, 7) is 3.65. The van der Waals surface area contributed by atoms with Gasteiger partial charge in [0.1, 0.15) is 0 Å². The first kappa shape index (κ1) is 19.2. The van der Waals surface area contributed by atoms with Crippen LogP contribution in [0.3, 0.4) is 0 Å². The summed E-state index contributed by atoms with van der Waals surface area (Å²) in [5, 5.41) is 3.55. The lowest BCUT2D eigenvalue weighted by Crippen LogP contribution is -2.49. The summed E-state index contributed by atoms with van der Waals surface area (Å²) in [6.07, 6.45) is 0. The van der Waals surface area contributed by atoms with Crippen molar-refractivity contribution >= 4 is 29.3 Å². The van der Waals surface area contributed by atoms with Crippen LogP contribution in [0.15, 0.2) is 48.5 Å². The van der Waals surface area contributed by atoms with Gasteiger partial charge in [0.2, 0.25) is 0 Å². The number of piperazine rings is 1. The van der Waals surface area contributed by atoms with Crippen molar-refractivity contribution < 1.29 is 14.3 Å². The molecule has 0 aromatic heterocycles. The van der Waals surface area contributed by atoms with Gasteiger partial charge in [-0.2, -0.15) is 0 Å². The number of methoxy groups -OCH3 is 1. The van der Waals surface area contributed by atoms with Crippen LogP contribution >= 0.6 is 11.6 Å². The van der Waals surface area contributed by atoms with Crippen molar-refractivity contribution in [1.29, 1.82) is 0 Å². The number of rotatable bonds is 4. The van der Waals surface area contributed by atoms with Crippen molar-refractivity contribution in [3.05, 3.63) is 64.7 Å². The zero-order valence-electron chi connectivity index (χ0n) is 15.2. The second kappa shape index (κ2) is 8.88. The number of para-hydroxylation sites is 1. The molecule has 1 saturated heterocycles. The van der Waals surface area contributed by atoms with Gasteiger partial charge in [-0.3, -0.25) is 4.90 Å². The molecule has 0 atom stereocenters. The Morgan fingerprint density at radius 2 is 1.70 bits per heavy atom. The first-order valence-electron chi connectivity index (χ1n) is 8.77. The summed E-state index contributed by atoms with van der Waals surface area (Å²) >= 11 is 5.92. The average molecular weight is 388 g/mol. The first-order chi connectivity index (χ1) is 13.1. The summed E-state index contributed by atoms with van der Waals surface area (Å²) in [4.78, 5) is 28.4. The predicted molar refractivity (Wildman–Crippen MR) is 105 cm³/mol. The molecule has 0 saturated carbocycles. The van der Waals surface area contributed by atoms with Crippen LogP contribution in [0.1, 0.15) is 15.9 Å². The van der Waals surface area contributed by atoms with Crippen LogP contribution in [0, 0.1) is 0 Å². The third kappa shape index (κ3) is 4.99. The quantitative estimate of drug-likeness (QED) is 0.816. The second-order valence-electron chi connectivity index (χ2n) is 6.36. The molecule has 0 aliphatic carbocycles. The molecule has 7 heteroatoms. The summed E-state index contributed by atoms with van der Waals surface area (Å²) in [6, 6.07) is 14.4. The standard InChI is InChI=1S/C20H22ClN3O3/c1-27-19(25)17-4-2-3-5-18(17)22-20(26)24-12-10-23(11-13-24)14-15-6-8-16(21)9-7-15/h2-9H,10-14H2,1H3,(H,22,26). The highest BCUT2D eigenvalue weighted by Crippen LogP contribution is 2.18. The zero-order valence-corrected chi connectivity index (χ0v) is 15.9. The van der Waals surface area contributed by atoms with Crippen LogP contribution in [0.2, 0.25) is 5.02 Å². The van der Waals surface area contributed by atoms with Crippen molar-refractivity contribution in [3.8, 4) is 0 Å². The number of halogens is 1. The Balaban J connectivity index is 1.54. The van der Waals surface area contributed by atoms with Gasteiger partial charge in [0, 0.05) is 37.7 Å². The predicted octanol–water partition coefficient (Wildman–Crippen LogP) is 3.48. The lowest BCUT2D eigenvalue weighted by Gasteiger charge is -2.34. The van der Waals surface area contributed by atoms with Crippen LogP contribution in [0.25, 0.3) is 0 Å². The SMILES string of the molecule is COC(=O)c1ccccc1NC(=O)N1CCN(Cc2ccc(Cl)cc2)CC1. The Hall–Kier alpha value is -2.57. The monoisotopic (exact) mass is 387 g/mol. The first-order valence-corrected chi connectivity index (χ1v) is 9.14. The molecule has 1 aliphatic rings. The molecule has 2 aromatic rings. The average Bonchev–Trinajstić information content (AvgIpc) is 2.70. The van der Waals surface area contributed by atoms with Crippen LogP contribution < -0.4 is 5.32 Å². The van der Waals surface area contributed by atoms with E-state index in [1.165, 1.54) is 12.7 Å². The fourth-order valence-corrected chi connectivity index (χ4v) is 3.16. The summed E-state index contributed by atoms with van der Waals surface area (Å²) in [7, 11) is 1.32. The largest absolute Gasteiger partial charge is 0.465 e. The zero-order chi connectivity index (χ0) is 19.2. The number of anilines is 1. The van der Waals surface area contributed by atoms with Gasteiger partial charge < -0.3 is 15.0 Å². The summed E-state index contributed by atoms with van der Waals surface area (Å²) in [5.74, 6) is -0.473. The number of benzene rings is 2. The number of amides is 2. The topological polar surface area (TPSA) is 61.9 Å². The number of ether oxygens (including phenoxy) is 1. The van der Waals surface area contributed by atoms with Crippen LogP contribution in [-0.2, 0) is 11.3 Å². The molecule has 3 rings (SSSR count). The van der Waals surface area contributed by atoms with E-state index in [4.69, 9.17) is 16.3 Å². The third-order valence-electron chi connectivity index (χ3n) is 4.55. The van der Waals surface area contributed by atoms with Gasteiger partial charge in [0.25, 0.3) is 0 Å². The van der Waals surface area contributed by atoms with Crippen molar-refractivity contribution in [2.24, 2.45) is 0 Å². The summed E-state index contributed by atoms with van der Waals surface area (Å²) < 4.78 is 4.76. The maximum absolute atomic E-state index is 12.6. The van der Waals surface area contributed by atoms with Crippen molar-refractivity contribution in [1.82, 2.24) is 9.80 Å². The van der Waals surface area contributed by atoms with E-state index in [1.54, 1.807) is 29.2 Å². The van der Waals surface area contributed by atoms with E-state index >= 15 is 0 Å². The molecule has 1 heterocycles. The van der Waals surface area contributed by atoms with Gasteiger partial charge in [-0.1, -0.05) is 35.9 Å². The molecule has 1 N–H and O–H groups in total. The number of esters is 1. The molecule has 6 nitrogen and oxygen atoms in total. The highest BCUT2D eigenvalue weighted by Gasteiger charge is 2.22. The normalized spacial score (nSPS) is 14.7. The van der Waals surface area contributed by atoms with E-state index in [1.807, 2.05) is 24.3 Å². The van der Waals surface area contributed by atoms with E-state index in [-0.39, 0.29) is 6.03 Å². The molecule has 0 spiro atoms. The van der Waals surface area contributed by atoms with Gasteiger partial charge in [-0.25, -0.2) is 9.59 Å². The molecule has 142 valence electrons. The maximum atomic E-state index is 12.6. The Morgan fingerprint density at radius 3 is 2.37 bits per heavy atom. The number of nitrogens with one attached hydrogen (secondary N) is 1. The number of nitrogens with zero attached hydrogens (tertiary/aromatic N) is 2. The maximum Gasteiger partial charge on any atom is 0.339 e. The number of hydrogen-bond donors (Lipinski definition) is 1. The number of carbonyl (C=O) groups excluding carboxylic acids is 2. The lowest BCUT2D eigenvalue weighted by molar-refractivity contribution is 0.0602. The minimum atomic E-state index is -0.473. The molecule has 1 fully saturated rings. The molecule has 1 aliphatic heterocycles. The number of carbonyl (C=O) groups is 2. The van der Waals surface area contributed by atoms with Gasteiger partial charge in [0.05, 0.1) is 18.4 Å². The van der Waals surface area contributed by atoms with E-state index in [0.29, 0.717) is 24.3 Å². The van der Waals surface area contributed by atoms with Crippen molar-refractivity contribution in [3.63, 3.8) is 0 Å². The van der Waals surface area contributed by atoms with E-state index in [0.717, 1.165) is 24.7 Å². The minimum Gasteiger partial charge on any atom is -0.465 e. The molecular formula is C20H22ClN3O3. The lowest BCUT2D eigenvalue weighted by atomic mass is 10.2. The number of urea groups is 1. The molecule has 0 radical (unpaired) electrons. The van der Waals surface area contributed by atoms with Gasteiger partial charge in [0.15, 0.2) is 0 Å². The molecule has 27 heavy (non-hydrogen) atoms. The van der Waals surface area contributed by atoms with Gasteiger partial charge in [-0.05, 0) is 29.8 Å². The molecular weight excluding hydrogens is 366 g/mol.